The summed E-state index contributed by atoms with van der Waals surface area (Å²) >= 11 is 17.7. The molecule has 1 amide bonds. The summed E-state index contributed by atoms with van der Waals surface area (Å²) in [5.41, 5.74) is -0.687. The van der Waals surface area contributed by atoms with E-state index in [-0.39, 0.29) is 12.1 Å². The summed E-state index contributed by atoms with van der Waals surface area (Å²) in [4.78, 5) is 32.7. The first-order valence-electron chi connectivity index (χ1n) is 7.66. The average Bonchev–Trinajstić information content (AvgIpc) is 2.64. The number of amides is 1. The van der Waals surface area contributed by atoms with Gasteiger partial charge in [-0.3, -0.25) is 30.3 Å². The zero-order chi connectivity index (χ0) is 20.9. The van der Waals surface area contributed by atoms with Crippen LogP contribution in [-0.4, -0.2) is 25.7 Å². The van der Waals surface area contributed by atoms with E-state index < -0.39 is 37.1 Å². The SMILES string of the molecule is O=C(N[C@@H](NCc1ccccc1)C(Cl)(Cl)Cl)c1cc([N+](=O)[O-])cc([N+](=O)[O-])c1. The number of carbonyl (C=O) groups excluding carboxylic acids is 1. The Balaban J connectivity index is 2.23. The molecule has 12 heteroatoms. The maximum absolute atomic E-state index is 12.5. The van der Waals surface area contributed by atoms with Crippen molar-refractivity contribution in [3.05, 3.63) is 79.9 Å². The van der Waals surface area contributed by atoms with E-state index in [9.17, 15) is 25.0 Å². The van der Waals surface area contributed by atoms with Crippen molar-refractivity contribution >= 4 is 52.1 Å². The predicted molar refractivity (Wildman–Crippen MR) is 105 cm³/mol. The molecule has 9 nitrogen and oxygen atoms in total. The number of nitrogens with zero attached hydrogens (tertiary/aromatic N) is 2. The highest BCUT2D eigenvalue weighted by Crippen LogP contribution is 2.30. The third-order valence-corrected chi connectivity index (χ3v) is 4.20. The molecule has 28 heavy (non-hydrogen) atoms. The number of halogens is 3. The standard InChI is InChI=1S/C16H13Cl3N4O5/c17-16(18,19)15(20-9-10-4-2-1-3-5-10)21-14(24)11-6-12(22(25)26)8-13(7-11)23(27)28/h1-8,15,20H,9H2,(H,21,24)/t15-/m1/s1. The lowest BCUT2D eigenvalue weighted by Gasteiger charge is -2.26. The highest BCUT2D eigenvalue weighted by molar-refractivity contribution is 6.68. The zero-order valence-corrected chi connectivity index (χ0v) is 16.2. The monoisotopic (exact) mass is 446 g/mol. The fourth-order valence-corrected chi connectivity index (χ4v) is 2.61. The van der Waals surface area contributed by atoms with Gasteiger partial charge in [0.05, 0.1) is 21.5 Å². The molecule has 2 aromatic rings. The van der Waals surface area contributed by atoms with Gasteiger partial charge in [0.1, 0.15) is 6.17 Å². The zero-order valence-electron chi connectivity index (χ0n) is 14.0. The molecule has 0 radical (unpaired) electrons. The van der Waals surface area contributed by atoms with Gasteiger partial charge in [-0.1, -0.05) is 65.1 Å². The summed E-state index contributed by atoms with van der Waals surface area (Å²) in [6.07, 6.45) is -1.18. The van der Waals surface area contributed by atoms with Gasteiger partial charge in [0, 0.05) is 18.7 Å². The van der Waals surface area contributed by atoms with E-state index in [1.807, 2.05) is 30.3 Å². The van der Waals surface area contributed by atoms with E-state index in [1.165, 1.54) is 0 Å². The number of rotatable bonds is 7. The first kappa shape index (κ1) is 21.8. The third kappa shape index (κ3) is 6.03. The second-order valence-electron chi connectivity index (χ2n) is 5.57. The van der Waals surface area contributed by atoms with Gasteiger partial charge in [-0.15, -0.1) is 0 Å². The molecule has 0 unspecified atom stereocenters. The van der Waals surface area contributed by atoms with Crippen LogP contribution in [0.1, 0.15) is 15.9 Å². The van der Waals surface area contributed by atoms with Crippen molar-refractivity contribution < 1.29 is 14.6 Å². The van der Waals surface area contributed by atoms with Gasteiger partial charge in [0.25, 0.3) is 17.3 Å². The highest BCUT2D eigenvalue weighted by atomic mass is 35.6. The van der Waals surface area contributed by atoms with Crippen LogP contribution in [0.15, 0.2) is 48.5 Å². The Bertz CT molecular complexity index is 857. The summed E-state index contributed by atoms with van der Waals surface area (Å²) in [6, 6.07) is 11.6. The van der Waals surface area contributed by atoms with Crippen molar-refractivity contribution in [1.82, 2.24) is 10.6 Å². The lowest BCUT2D eigenvalue weighted by molar-refractivity contribution is -0.394. The molecule has 0 aliphatic carbocycles. The van der Waals surface area contributed by atoms with Crippen molar-refractivity contribution in [3.8, 4) is 0 Å². The van der Waals surface area contributed by atoms with Gasteiger partial charge in [-0.25, -0.2) is 0 Å². The van der Waals surface area contributed by atoms with Crippen molar-refractivity contribution in [2.75, 3.05) is 0 Å². The quantitative estimate of drug-likeness (QED) is 0.288. The Morgan fingerprint density at radius 3 is 2.00 bits per heavy atom. The Hall–Kier alpha value is -2.46. The minimum absolute atomic E-state index is 0.245. The van der Waals surface area contributed by atoms with Gasteiger partial charge < -0.3 is 5.32 Å². The van der Waals surface area contributed by atoms with Crippen LogP contribution < -0.4 is 10.6 Å². The van der Waals surface area contributed by atoms with Gasteiger partial charge in [0.2, 0.25) is 3.79 Å². The molecule has 0 saturated heterocycles. The molecule has 148 valence electrons. The van der Waals surface area contributed by atoms with Crippen LogP contribution in [0, 0.1) is 20.2 Å². The Kier molecular flexibility index (Phi) is 7.14. The fourth-order valence-electron chi connectivity index (χ4n) is 2.22. The number of nitrogens with one attached hydrogen (secondary N) is 2. The molecule has 0 aliphatic heterocycles. The summed E-state index contributed by atoms with van der Waals surface area (Å²) < 4.78 is -1.96. The molecule has 0 saturated carbocycles. The minimum Gasteiger partial charge on any atom is -0.333 e. The first-order valence-corrected chi connectivity index (χ1v) is 8.80. The van der Waals surface area contributed by atoms with Crippen LogP contribution in [0.3, 0.4) is 0 Å². The van der Waals surface area contributed by atoms with Crippen molar-refractivity contribution in [2.24, 2.45) is 0 Å². The van der Waals surface area contributed by atoms with E-state index in [0.717, 1.165) is 23.8 Å². The van der Waals surface area contributed by atoms with Crippen molar-refractivity contribution in [1.29, 1.82) is 0 Å². The largest absolute Gasteiger partial charge is 0.333 e. The van der Waals surface area contributed by atoms with Crippen LogP contribution in [0.2, 0.25) is 0 Å². The third-order valence-electron chi connectivity index (χ3n) is 3.54. The van der Waals surface area contributed by atoms with Gasteiger partial charge >= 0.3 is 0 Å². The second-order valence-corrected chi connectivity index (χ2v) is 7.94. The number of nitro benzene ring substituents is 2. The predicted octanol–water partition coefficient (Wildman–Crippen LogP) is 3.72. The Morgan fingerprint density at radius 1 is 1.00 bits per heavy atom. The summed E-state index contributed by atoms with van der Waals surface area (Å²) in [7, 11) is 0. The van der Waals surface area contributed by atoms with E-state index in [0.29, 0.717) is 0 Å². The second kappa shape index (κ2) is 9.16. The molecule has 2 aromatic carbocycles. The normalized spacial score (nSPS) is 12.2. The molecule has 2 N–H and O–H groups in total. The molecule has 0 aromatic heterocycles. The maximum Gasteiger partial charge on any atom is 0.277 e. The first-order chi connectivity index (χ1) is 13.1. The molecular formula is C16H13Cl3N4O5. The highest BCUT2D eigenvalue weighted by Gasteiger charge is 2.34. The summed E-state index contributed by atoms with van der Waals surface area (Å²) in [5, 5.41) is 27.2. The number of non-ortho nitro benzene ring substituents is 2. The fraction of sp³-hybridized carbons (Fsp3) is 0.188. The number of benzene rings is 2. The molecular weight excluding hydrogens is 435 g/mol. The summed E-state index contributed by atoms with van der Waals surface area (Å²) in [6.45, 7) is 0.245. The topological polar surface area (TPSA) is 127 Å². The van der Waals surface area contributed by atoms with E-state index in [4.69, 9.17) is 34.8 Å². The van der Waals surface area contributed by atoms with Crippen LogP contribution in [0.4, 0.5) is 11.4 Å². The van der Waals surface area contributed by atoms with Gasteiger partial charge in [-0.2, -0.15) is 0 Å². The van der Waals surface area contributed by atoms with Crippen molar-refractivity contribution in [3.63, 3.8) is 0 Å². The Labute approximate surface area is 173 Å². The maximum atomic E-state index is 12.5. The van der Waals surface area contributed by atoms with Crippen LogP contribution >= 0.6 is 34.8 Å². The smallest absolute Gasteiger partial charge is 0.277 e. The molecule has 2 rings (SSSR count). The van der Waals surface area contributed by atoms with Crippen LogP contribution in [-0.2, 0) is 6.54 Å². The number of nitro groups is 2. The molecule has 1 atom stereocenters. The van der Waals surface area contributed by atoms with Gasteiger partial charge in [-0.05, 0) is 5.56 Å². The van der Waals surface area contributed by atoms with E-state index in [2.05, 4.69) is 10.6 Å². The molecule has 0 fully saturated rings. The number of hydrogen-bond donors (Lipinski definition) is 2. The van der Waals surface area contributed by atoms with Crippen LogP contribution in [0.5, 0.6) is 0 Å². The number of alkyl halides is 3. The van der Waals surface area contributed by atoms with Gasteiger partial charge in [0.15, 0.2) is 0 Å². The van der Waals surface area contributed by atoms with Crippen molar-refractivity contribution in [2.45, 2.75) is 16.5 Å². The number of hydrogen-bond acceptors (Lipinski definition) is 6. The lowest BCUT2D eigenvalue weighted by Crippen LogP contribution is -2.53. The molecule has 0 aliphatic rings. The average molecular weight is 448 g/mol. The molecule has 0 heterocycles. The minimum atomic E-state index is -1.96. The van der Waals surface area contributed by atoms with E-state index >= 15 is 0 Å². The molecule has 0 bridgehead atoms. The Morgan fingerprint density at radius 2 is 1.54 bits per heavy atom. The number of carbonyl (C=O) groups is 1. The summed E-state index contributed by atoms with van der Waals surface area (Å²) in [5.74, 6) is -0.885. The lowest BCUT2D eigenvalue weighted by atomic mass is 10.1. The van der Waals surface area contributed by atoms with E-state index in [1.54, 1.807) is 0 Å². The van der Waals surface area contributed by atoms with Crippen LogP contribution in [0.25, 0.3) is 0 Å². The molecule has 0 spiro atoms.